The summed E-state index contributed by atoms with van der Waals surface area (Å²) in [6.45, 7) is 2.28. The van der Waals surface area contributed by atoms with Gasteiger partial charge < -0.3 is 25.2 Å². The van der Waals surface area contributed by atoms with Gasteiger partial charge in [0.25, 0.3) is 0 Å². The Hall–Kier alpha value is -1.63. The third-order valence-corrected chi connectivity index (χ3v) is 4.86. The monoisotopic (exact) mass is 334 g/mol. The second-order valence-electron chi connectivity index (χ2n) is 6.65. The summed E-state index contributed by atoms with van der Waals surface area (Å²) >= 11 is 0. The average molecular weight is 334 g/mol. The third kappa shape index (κ3) is 4.26. The fraction of sp³-hybridized carbons (Fsp3) is 0.611. The standard InChI is InChI=1S/C18H26N2O4/c1-23-14-4-2-12(3-5-14)8-15-18(16(21)11-20-15)24-17(22)9-13-6-7-19-10-13/h2-5,13,15-16,18-21H,6-11H2,1H3/t13-,15-,16+,18+/m1/s1. The normalized spacial score (nSPS) is 29.6. The van der Waals surface area contributed by atoms with Crippen LogP contribution in [0.4, 0.5) is 0 Å². The lowest BCUT2D eigenvalue weighted by Gasteiger charge is -2.23. The predicted molar refractivity (Wildman–Crippen MR) is 90.0 cm³/mol. The molecule has 3 N–H and O–H groups in total. The molecule has 2 heterocycles. The fourth-order valence-electron chi connectivity index (χ4n) is 3.46. The molecule has 4 atom stereocenters. The minimum atomic E-state index is -0.654. The molecule has 0 aromatic heterocycles. The molecule has 2 saturated heterocycles. The largest absolute Gasteiger partial charge is 0.497 e. The van der Waals surface area contributed by atoms with Gasteiger partial charge in [0, 0.05) is 13.0 Å². The van der Waals surface area contributed by atoms with Crippen LogP contribution in [0.1, 0.15) is 18.4 Å². The van der Waals surface area contributed by atoms with Gasteiger partial charge in [0.2, 0.25) is 0 Å². The van der Waals surface area contributed by atoms with Crippen LogP contribution in [0, 0.1) is 5.92 Å². The molecular formula is C18H26N2O4. The van der Waals surface area contributed by atoms with Crippen LogP contribution >= 0.6 is 0 Å². The Balaban J connectivity index is 1.56. The van der Waals surface area contributed by atoms with E-state index in [9.17, 15) is 9.90 Å². The van der Waals surface area contributed by atoms with Crippen molar-refractivity contribution in [3.05, 3.63) is 29.8 Å². The maximum absolute atomic E-state index is 12.2. The molecule has 2 aliphatic heterocycles. The molecule has 2 aliphatic rings. The third-order valence-electron chi connectivity index (χ3n) is 4.86. The number of aliphatic hydroxyl groups excluding tert-OH is 1. The Labute approximate surface area is 142 Å². The molecule has 6 heteroatoms. The number of carbonyl (C=O) groups is 1. The van der Waals surface area contributed by atoms with E-state index >= 15 is 0 Å². The van der Waals surface area contributed by atoms with E-state index in [1.165, 1.54) is 0 Å². The molecule has 0 unspecified atom stereocenters. The van der Waals surface area contributed by atoms with Crippen molar-refractivity contribution >= 4 is 5.97 Å². The van der Waals surface area contributed by atoms with Gasteiger partial charge in [-0.1, -0.05) is 12.1 Å². The molecule has 1 aromatic rings. The number of methoxy groups -OCH3 is 1. The van der Waals surface area contributed by atoms with Gasteiger partial charge in [-0.2, -0.15) is 0 Å². The smallest absolute Gasteiger partial charge is 0.306 e. The van der Waals surface area contributed by atoms with Crippen molar-refractivity contribution < 1.29 is 19.4 Å². The highest BCUT2D eigenvalue weighted by atomic mass is 16.6. The van der Waals surface area contributed by atoms with Crippen LogP contribution in [-0.4, -0.2) is 56.1 Å². The summed E-state index contributed by atoms with van der Waals surface area (Å²) < 4.78 is 10.8. The maximum Gasteiger partial charge on any atom is 0.306 e. The lowest BCUT2D eigenvalue weighted by Crippen LogP contribution is -2.39. The Morgan fingerprint density at radius 2 is 2.08 bits per heavy atom. The highest BCUT2D eigenvalue weighted by Gasteiger charge is 2.38. The summed E-state index contributed by atoms with van der Waals surface area (Å²) in [4.78, 5) is 12.2. The highest BCUT2D eigenvalue weighted by molar-refractivity contribution is 5.70. The molecule has 0 saturated carbocycles. The number of β-amino-alcohol motifs (C(OH)–C–C–N with tert-alkyl or cyclic N) is 1. The van der Waals surface area contributed by atoms with Gasteiger partial charge in [-0.05, 0) is 49.5 Å². The van der Waals surface area contributed by atoms with Crippen molar-refractivity contribution in [2.75, 3.05) is 26.7 Å². The first-order valence-corrected chi connectivity index (χ1v) is 8.60. The first-order chi connectivity index (χ1) is 11.7. The van der Waals surface area contributed by atoms with E-state index in [-0.39, 0.29) is 12.0 Å². The number of hydrogen-bond acceptors (Lipinski definition) is 6. The zero-order valence-electron chi connectivity index (χ0n) is 14.0. The Morgan fingerprint density at radius 1 is 1.29 bits per heavy atom. The summed E-state index contributed by atoms with van der Waals surface area (Å²) in [7, 11) is 1.64. The van der Waals surface area contributed by atoms with Crippen LogP contribution in [0.15, 0.2) is 24.3 Å². The maximum atomic E-state index is 12.2. The summed E-state index contributed by atoms with van der Waals surface area (Å²) in [6.07, 6.45) is 0.985. The zero-order valence-corrected chi connectivity index (χ0v) is 14.0. The molecule has 1 aromatic carbocycles. The predicted octanol–water partition coefficient (Wildman–Crippen LogP) is 0.482. The van der Waals surface area contributed by atoms with Gasteiger partial charge >= 0.3 is 5.97 Å². The molecule has 0 spiro atoms. The number of esters is 1. The van der Waals surface area contributed by atoms with Gasteiger partial charge in [-0.25, -0.2) is 0 Å². The van der Waals surface area contributed by atoms with Crippen molar-refractivity contribution in [3.63, 3.8) is 0 Å². The number of carbonyl (C=O) groups excluding carboxylic acids is 1. The number of aliphatic hydroxyl groups is 1. The number of benzene rings is 1. The molecular weight excluding hydrogens is 308 g/mol. The molecule has 24 heavy (non-hydrogen) atoms. The topological polar surface area (TPSA) is 79.8 Å². The second kappa shape index (κ2) is 7.96. The molecule has 0 aliphatic carbocycles. The first-order valence-electron chi connectivity index (χ1n) is 8.60. The van der Waals surface area contributed by atoms with Crippen molar-refractivity contribution in [2.24, 2.45) is 5.92 Å². The van der Waals surface area contributed by atoms with Crippen LogP contribution in [0.2, 0.25) is 0 Å². The molecule has 0 amide bonds. The van der Waals surface area contributed by atoms with Crippen LogP contribution in [0.5, 0.6) is 5.75 Å². The molecule has 0 bridgehead atoms. The molecule has 6 nitrogen and oxygen atoms in total. The lowest BCUT2D eigenvalue weighted by molar-refractivity contribution is -0.155. The van der Waals surface area contributed by atoms with Crippen LogP contribution in [0.3, 0.4) is 0 Å². The van der Waals surface area contributed by atoms with E-state index < -0.39 is 12.2 Å². The van der Waals surface area contributed by atoms with Crippen molar-refractivity contribution in [2.45, 2.75) is 37.5 Å². The molecule has 2 fully saturated rings. The summed E-state index contributed by atoms with van der Waals surface area (Å²) in [5.74, 6) is 0.951. The van der Waals surface area contributed by atoms with E-state index in [2.05, 4.69) is 10.6 Å². The quantitative estimate of drug-likeness (QED) is 0.657. The van der Waals surface area contributed by atoms with E-state index in [0.717, 1.165) is 30.8 Å². The number of rotatable bonds is 6. The first kappa shape index (κ1) is 17.2. The number of hydrogen-bond donors (Lipinski definition) is 3. The number of nitrogens with one attached hydrogen (secondary N) is 2. The molecule has 132 valence electrons. The lowest BCUT2D eigenvalue weighted by atomic mass is 10.0. The highest BCUT2D eigenvalue weighted by Crippen LogP contribution is 2.21. The average Bonchev–Trinajstić information content (AvgIpc) is 3.20. The van der Waals surface area contributed by atoms with E-state index in [1.807, 2.05) is 24.3 Å². The summed E-state index contributed by atoms with van der Waals surface area (Å²) in [6, 6.07) is 7.74. The second-order valence-corrected chi connectivity index (χ2v) is 6.65. The van der Waals surface area contributed by atoms with Gasteiger partial charge in [0.1, 0.15) is 18.0 Å². The van der Waals surface area contributed by atoms with E-state index in [4.69, 9.17) is 9.47 Å². The van der Waals surface area contributed by atoms with Gasteiger partial charge in [0.15, 0.2) is 0 Å². The minimum absolute atomic E-state index is 0.0703. The minimum Gasteiger partial charge on any atom is -0.497 e. The molecule has 0 radical (unpaired) electrons. The SMILES string of the molecule is COc1ccc(C[C@H]2NC[C@H](O)[C@H]2OC(=O)C[C@H]2CCNC2)cc1. The zero-order chi connectivity index (χ0) is 16.9. The van der Waals surface area contributed by atoms with Crippen molar-refractivity contribution in [3.8, 4) is 5.75 Å². The van der Waals surface area contributed by atoms with Gasteiger partial charge in [-0.15, -0.1) is 0 Å². The van der Waals surface area contributed by atoms with E-state index in [1.54, 1.807) is 7.11 Å². The Morgan fingerprint density at radius 3 is 2.75 bits per heavy atom. The summed E-state index contributed by atoms with van der Waals surface area (Å²) in [5.41, 5.74) is 1.11. The summed E-state index contributed by atoms with van der Waals surface area (Å²) in [5, 5.41) is 16.7. The van der Waals surface area contributed by atoms with Crippen molar-refractivity contribution in [1.29, 1.82) is 0 Å². The Bertz CT molecular complexity index is 542. The van der Waals surface area contributed by atoms with Gasteiger partial charge in [0.05, 0.1) is 13.2 Å². The van der Waals surface area contributed by atoms with Crippen LogP contribution < -0.4 is 15.4 Å². The van der Waals surface area contributed by atoms with Crippen molar-refractivity contribution in [1.82, 2.24) is 10.6 Å². The van der Waals surface area contributed by atoms with E-state index in [0.29, 0.717) is 25.3 Å². The molecule has 3 rings (SSSR count). The van der Waals surface area contributed by atoms with Crippen LogP contribution in [0.25, 0.3) is 0 Å². The Kier molecular flexibility index (Phi) is 5.71. The van der Waals surface area contributed by atoms with Crippen LogP contribution in [-0.2, 0) is 16.0 Å². The number of ether oxygens (including phenoxy) is 2. The fourth-order valence-corrected chi connectivity index (χ4v) is 3.46. The van der Waals surface area contributed by atoms with Gasteiger partial charge in [-0.3, -0.25) is 4.79 Å².